The molecule has 0 aromatic carbocycles. The summed E-state index contributed by atoms with van der Waals surface area (Å²) in [5, 5.41) is 0. The number of esters is 3. The van der Waals surface area contributed by atoms with Gasteiger partial charge in [0.2, 0.25) is 0 Å². The molecule has 0 aliphatic rings. The zero-order valence-corrected chi connectivity index (χ0v) is 36.7. The molecule has 0 fully saturated rings. The summed E-state index contributed by atoms with van der Waals surface area (Å²) in [6, 6.07) is 0. The Labute approximate surface area is 336 Å². The van der Waals surface area contributed by atoms with Crippen LogP contribution < -0.4 is 0 Å². The van der Waals surface area contributed by atoms with E-state index in [9.17, 15) is 14.4 Å². The second kappa shape index (κ2) is 42.6. The van der Waals surface area contributed by atoms with Gasteiger partial charge >= 0.3 is 17.9 Å². The van der Waals surface area contributed by atoms with E-state index in [4.69, 9.17) is 14.2 Å². The summed E-state index contributed by atoms with van der Waals surface area (Å²) in [6.07, 6.45) is 42.3. The Balaban J connectivity index is 4.27. The Morgan fingerprint density at radius 2 is 0.648 bits per heavy atom. The molecule has 6 nitrogen and oxygen atoms in total. The van der Waals surface area contributed by atoms with E-state index >= 15 is 0 Å². The fourth-order valence-corrected chi connectivity index (χ4v) is 7.12. The monoisotopic (exact) mass is 765 g/mol. The fraction of sp³-hybridized carbons (Fsp3) is 0.938. The molecule has 1 unspecified atom stereocenters. The van der Waals surface area contributed by atoms with E-state index in [2.05, 4.69) is 27.7 Å². The number of carbonyl (C=O) groups is 3. The summed E-state index contributed by atoms with van der Waals surface area (Å²) >= 11 is 0. The van der Waals surface area contributed by atoms with Crippen molar-refractivity contribution in [1.82, 2.24) is 0 Å². The maximum absolute atomic E-state index is 12.7. The Morgan fingerprint density at radius 1 is 0.370 bits per heavy atom. The summed E-state index contributed by atoms with van der Waals surface area (Å²) in [6.45, 7) is 8.97. The predicted octanol–water partition coefficient (Wildman–Crippen LogP) is 15.1. The van der Waals surface area contributed by atoms with Crippen molar-refractivity contribution in [2.45, 2.75) is 271 Å². The molecule has 0 radical (unpaired) electrons. The zero-order chi connectivity index (χ0) is 39.6. The molecule has 0 rings (SSSR count). The van der Waals surface area contributed by atoms with Crippen molar-refractivity contribution in [3.63, 3.8) is 0 Å². The minimum atomic E-state index is -0.759. The third-order valence-electron chi connectivity index (χ3n) is 11.2. The third kappa shape index (κ3) is 40.1. The summed E-state index contributed by atoms with van der Waals surface area (Å²) in [5.74, 6) is -0.0406. The van der Waals surface area contributed by atoms with Gasteiger partial charge in [0, 0.05) is 19.3 Å². The lowest BCUT2D eigenvalue weighted by Crippen LogP contribution is -2.30. The molecule has 0 aromatic heterocycles. The molecule has 0 spiro atoms. The van der Waals surface area contributed by atoms with Crippen molar-refractivity contribution < 1.29 is 28.6 Å². The number of carbonyl (C=O) groups excluding carboxylic acids is 3. The van der Waals surface area contributed by atoms with Gasteiger partial charge in [-0.3, -0.25) is 14.4 Å². The van der Waals surface area contributed by atoms with Crippen LogP contribution in [0.25, 0.3) is 0 Å². The van der Waals surface area contributed by atoms with Crippen molar-refractivity contribution in [2.24, 2.45) is 5.92 Å². The summed E-state index contributed by atoms with van der Waals surface area (Å²) < 4.78 is 16.7. The summed E-state index contributed by atoms with van der Waals surface area (Å²) in [5.41, 5.74) is 0. The standard InChI is InChI=1S/C48H92O6/c1-5-8-10-12-14-16-18-19-20-21-22-23-25-26-31-35-39-46(49)52-42-45(54-48(51)41-37-33-27-24-17-15-13-11-9-6-2)43-53-47(50)40-36-32-29-28-30-34-38-44(4)7-3/h44-45H,5-43H2,1-4H3/t44?,45-/m1/s1. The number of ether oxygens (including phenoxy) is 3. The minimum absolute atomic E-state index is 0.0641. The van der Waals surface area contributed by atoms with Gasteiger partial charge in [-0.05, 0) is 25.2 Å². The zero-order valence-electron chi connectivity index (χ0n) is 36.7. The molecular weight excluding hydrogens is 673 g/mol. The van der Waals surface area contributed by atoms with Crippen LogP contribution in [0, 0.1) is 5.92 Å². The van der Waals surface area contributed by atoms with Crippen molar-refractivity contribution >= 4 is 17.9 Å². The second-order valence-electron chi connectivity index (χ2n) is 16.6. The van der Waals surface area contributed by atoms with Gasteiger partial charge in [-0.1, -0.05) is 227 Å². The first-order chi connectivity index (χ1) is 26.4. The molecule has 0 saturated carbocycles. The van der Waals surface area contributed by atoms with E-state index in [1.54, 1.807) is 0 Å². The van der Waals surface area contributed by atoms with E-state index in [1.807, 2.05) is 0 Å². The van der Waals surface area contributed by atoms with Crippen molar-refractivity contribution in [1.29, 1.82) is 0 Å². The molecule has 0 aliphatic heterocycles. The molecule has 0 heterocycles. The molecule has 320 valence electrons. The molecule has 54 heavy (non-hydrogen) atoms. The third-order valence-corrected chi connectivity index (χ3v) is 11.2. The van der Waals surface area contributed by atoms with E-state index in [0.29, 0.717) is 19.3 Å². The molecule has 0 N–H and O–H groups in total. The van der Waals surface area contributed by atoms with Gasteiger partial charge in [0.1, 0.15) is 13.2 Å². The van der Waals surface area contributed by atoms with Gasteiger partial charge in [0.15, 0.2) is 6.10 Å². The topological polar surface area (TPSA) is 78.9 Å². The summed E-state index contributed by atoms with van der Waals surface area (Å²) in [4.78, 5) is 37.7. The lowest BCUT2D eigenvalue weighted by Gasteiger charge is -2.18. The molecule has 6 heteroatoms. The largest absolute Gasteiger partial charge is 0.462 e. The minimum Gasteiger partial charge on any atom is -0.462 e. The van der Waals surface area contributed by atoms with Crippen LogP contribution >= 0.6 is 0 Å². The Kier molecular flexibility index (Phi) is 41.3. The SMILES string of the molecule is CCCCCCCCCCCCCCCCCCC(=O)OC[C@H](COC(=O)CCCCCCCCC(C)CC)OC(=O)CCCCCCCCCCCC. The first-order valence-corrected chi connectivity index (χ1v) is 23.9. The van der Waals surface area contributed by atoms with E-state index in [0.717, 1.165) is 63.7 Å². The van der Waals surface area contributed by atoms with E-state index in [1.165, 1.54) is 161 Å². The van der Waals surface area contributed by atoms with Gasteiger partial charge < -0.3 is 14.2 Å². The smallest absolute Gasteiger partial charge is 0.306 e. The Hall–Kier alpha value is -1.59. The van der Waals surface area contributed by atoms with Gasteiger partial charge in [-0.15, -0.1) is 0 Å². The maximum atomic E-state index is 12.7. The number of hydrogen-bond acceptors (Lipinski definition) is 6. The van der Waals surface area contributed by atoms with E-state index in [-0.39, 0.29) is 31.1 Å². The highest BCUT2D eigenvalue weighted by Crippen LogP contribution is 2.17. The molecule has 0 aromatic rings. The van der Waals surface area contributed by atoms with Crippen LogP contribution in [0.4, 0.5) is 0 Å². The lowest BCUT2D eigenvalue weighted by atomic mass is 10.00. The van der Waals surface area contributed by atoms with Crippen molar-refractivity contribution in [3.8, 4) is 0 Å². The average Bonchev–Trinajstić information content (AvgIpc) is 3.17. The van der Waals surface area contributed by atoms with Gasteiger partial charge in [-0.25, -0.2) is 0 Å². The second-order valence-corrected chi connectivity index (χ2v) is 16.6. The van der Waals surface area contributed by atoms with Crippen LogP contribution in [0.1, 0.15) is 265 Å². The van der Waals surface area contributed by atoms with Crippen LogP contribution in [0.15, 0.2) is 0 Å². The van der Waals surface area contributed by atoms with Crippen LogP contribution in [0.5, 0.6) is 0 Å². The predicted molar refractivity (Wildman–Crippen MR) is 229 cm³/mol. The van der Waals surface area contributed by atoms with E-state index < -0.39 is 6.10 Å². The van der Waals surface area contributed by atoms with Crippen LogP contribution in [0.2, 0.25) is 0 Å². The summed E-state index contributed by atoms with van der Waals surface area (Å²) in [7, 11) is 0. The highest BCUT2D eigenvalue weighted by molar-refractivity contribution is 5.71. The maximum Gasteiger partial charge on any atom is 0.306 e. The molecule has 0 aliphatic carbocycles. The number of rotatable bonds is 43. The van der Waals surface area contributed by atoms with Crippen LogP contribution in [-0.4, -0.2) is 37.2 Å². The normalized spacial score (nSPS) is 12.4. The van der Waals surface area contributed by atoms with Crippen LogP contribution in [-0.2, 0) is 28.6 Å². The lowest BCUT2D eigenvalue weighted by molar-refractivity contribution is -0.167. The highest BCUT2D eigenvalue weighted by atomic mass is 16.6. The molecular formula is C48H92O6. The first kappa shape index (κ1) is 52.4. The van der Waals surface area contributed by atoms with Crippen molar-refractivity contribution in [2.75, 3.05) is 13.2 Å². The van der Waals surface area contributed by atoms with Gasteiger partial charge in [0.25, 0.3) is 0 Å². The number of hydrogen-bond donors (Lipinski definition) is 0. The van der Waals surface area contributed by atoms with Gasteiger partial charge in [-0.2, -0.15) is 0 Å². The molecule has 0 bridgehead atoms. The van der Waals surface area contributed by atoms with Crippen molar-refractivity contribution in [3.05, 3.63) is 0 Å². The molecule has 2 atom stereocenters. The Morgan fingerprint density at radius 3 is 0.963 bits per heavy atom. The first-order valence-electron chi connectivity index (χ1n) is 23.9. The molecule has 0 saturated heterocycles. The van der Waals surface area contributed by atoms with Crippen LogP contribution in [0.3, 0.4) is 0 Å². The quantitative estimate of drug-likeness (QED) is 0.0349. The van der Waals surface area contributed by atoms with Gasteiger partial charge in [0.05, 0.1) is 0 Å². The fourth-order valence-electron chi connectivity index (χ4n) is 7.12. The average molecular weight is 765 g/mol. The Bertz CT molecular complexity index is 813. The highest BCUT2D eigenvalue weighted by Gasteiger charge is 2.19. The number of unbranched alkanes of at least 4 members (excludes halogenated alkanes) is 29. The molecule has 0 amide bonds.